The highest BCUT2D eigenvalue weighted by atomic mass is 16.2. The zero-order valence-corrected chi connectivity index (χ0v) is 13.9. The number of rotatable bonds is 2. The number of piperidine rings is 1. The number of carbonyl (C=O) groups excluding carboxylic acids is 1. The topological polar surface area (TPSA) is 45.6 Å². The van der Waals surface area contributed by atoms with Gasteiger partial charge in [0, 0.05) is 37.3 Å². The summed E-state index contributed by atoms with van der Waals surface area (Å²) in [5.74, 6) is 0.0533. The molecule has 24 heavy (non-hydrogen) atoms. The molecule has 5 heteroatoms. The summed E-state index contributed by atoms with van der Waals surface area (Å²) in [6.07, 6.45) is 5.45. The molecule has 126 valence electrons. The molecule has 2 aliphatic rings. The Morgan fingerprint density at radius 1 is 1.08 bits per heavy atom. The van der Waals surface area contributed by atoms with Crippen molar-refractivity contribution in [3.05, 3.63) is 46.9 Å². The van der Waals surface area contributed by atoms with Gasteiger partial charge < -0.3 is 9.47 Å². The van der Waals surface area contributed by atoms with Crippen molar-refractivity contribution in [3.63, 3.8) is 0 Å². The molecule has 0 aliphatic carbocycles. The normalized spacial score (nSPS) is 21.7. The van der Waals surface area contributed by atoms with Crippen LogP contribution in [0.5, 0.6) is 0 Å². The van der Waals surface area contributed by atoms with Gasteiger partial charge in [-0.25, -0.2) is 0 Å². The van der Waals surface area contributed by atoms with E-state index in [-0.39, 0.29) is 18.0 Å². The van der Waals surface area contributed by atoms with Crippen LogP contribution in [-0.4, -0.2) is 52.5 Å². The minimum Gasteiger partial charge on any atom is -0.338 e. The minimum atomic E-state index is -0.0854. The van der Waals surface area contributed by atoms with E-state index in [9.17, 15) is 9.59 Å². The molecule has 0 radical (unpaired) electrons. The lowest BCUT2D eigenvalue weighted by atomic mass is 9.99. The zero-order valence-electron chi connectivity index (χ0n) is 13.9. The van der Waals surface area contributed by atoms with Crippen LogP contribution in [0.25, 0.3) is 10.8 Å². The van der Waals surface area contributed by atoms with Crippen molar-refractivity contribution in [1.82, 2.24) is 14.4 Å². The van der Waals surface area contributed by atoms with Crippen LogP contribution in [-0.2, 0) is 11.3 Å². The van der Waals surface area contributed by atoms with Gasteiger partial charge in [-0.15, -0.1) is 0 Å². The molecule has 5 nitrogen and oxygen atoms in total. The zero-order chi connectivity index (χ0) is 16.5. The Balaban J connectivity index is 1.50. The molecule has 1 unspecified atom stereocenters. The summed E-state index contributed by atoms with van der Waals surface area (Å²) in [5, 5.41) is 1.59. The maximum Gasteiger partial charge on any atom is 0.258 e. The van der Waals surface area contributed by atoms with Crippen LogP contribution < -0.4 is 5.56 Å². The van der Waals surface area contributed by atoms with E-state index in [0.717, 1.165) is 31.6 Å². The fourth-order valence-electron chi connectivity index (χ4n) is 3.98. The molecular formula is C19H23N3O2. The van der Waals surface area contributed by atoms with Crippen LogP contribution in [0.2, 0.25) is 0 Å². The summed E-state index contributed by atoms with van der Waals surface area (Å²) < 4.78 is 1.54. The van der Waals surface area contributed by atoms with E-state index in [2.05, 4.69) is 4.90 Å². The Bertz CT molecular complexity index is 814. The maximum absolute atomic E-state index is 12.7. The predicted molar refractivity (Wildman–Crippen MR) is 94.0 cm³/mol. The van der Waals surface area contributed by atoms with Crippen molar-refractivity contribution in [2.45, 2.75) is 31.8 Å². The fraction of sp³-hybridized carbons (Fsp3) is 0.474. The van der Waals surface area contributed by atoms with Crippen LogP contribution >= 0.6 is 0 Å². The summed E-state index contributed by atoms with van der Waals surface area (Å²) in [4.78, 5) is 29.7. The Hall–Kier alpha value is -2.14. The van der Waals surface area contributed by atoms with Crippen molar-refractivity contribution in [3.8, 4) is 0 Å². The molecule has 1 amide bonds. The van der Waals surface area contributed by atoms with Gasteiger partial charge in [0.1, 0.15) is 6.54 Å². The first-order valence-corrected chi connectivity index (χ1v) is 8.82. The number of piperazine rings is 1. The monoisotopic (exact) mass is 325 g/mol. The molecule has 4 rings (SSSR count). The molecule has 3 heterocycles. The maximum atomic E-state index is 12.7. The van der Waals surface area contributed by atoms with Gasteiger partial charge >= 0.3 is 0 Å². The largest absolute Gasteiger partial charge is 0.338 e. The third-order valence-electron chi connectivity index (χ3n) is 5.38. The summed E-state index contributed by atoms with van der Waals surface area (Å²) >= 11 is 0. The predicted octanol–water partition coefficient (Wildman–Crippen LogP) is 1.70. The molecule has 0 N–H and O–H groups in total. The number of hydrogen-bond donors (Lipinski definition) is 0. The second-order valence-corrected chi connectivity index (χ2v) is 6.86. The van der Waals surface area contributed by atoms with E-state index in [1.807, 2.05) is 35.2 Å². The smallest absolute Gasteiger partial charge is 0.258 e. The highest BCUT2D eigenvalue weighted by molar-refractivity contribution is 5.82. The average Bonchev–Trinajstić information content (AvgIpc) is 2.64. The number of fused-ring (bicyclic) bond motifs is 2. The molecule has 1 aromatic heterocycles. The number of carbonyl (C=O) groups is 1. The van der Waals surface area contributed by atoms with Crippen LogP contribution in [0.1, 0.15) is 19.3 Å². The highest BCUT2D eigenvalue weighted by Gasteiger charge is 2.30. The number of aromatic nitrogens is 1. The standard InChI is InChI=1S/C19H23N3O2/c23-18(21-12-11-20-9-4-3-6-16(20)13-21)14-22-10-8-15-5-1-2-7-17(15)19(22)24/h1-2,5,7-8,10,16H,3-4,6,9,11-14H2. The van der Waals surface area contributed by atoms with Crippen LogP contribution in [0.3, 0.4) is 0 Å². The highest BCUT2D eigenvalue weighted by Crippen LogP contribution is 2.21. The molecular weight excluding hydrogens is 302 g/mol. The number of hydrogen-bond acceptors (Lipinski definition) is 3. The molecule has 2 saturated heterocycles. The van der Waals surface area contributed by atoms with Crippen molar-refractivity contribution >= 4 is 16.7 Å². The number of pyridine rings is 1. The molecule has 0 spiro atoms. The molecule has 2 fully saturated rings. The lowest BCUT2D eigenvalue weighted by molar-refractivity contribution is -0.135. The van der Waals surface area contributed by atoms with Gasteiger partial charge in [0.15, 0.2) is 0 Å². The number of benzene rings is 1. The molecule has 2 aliphatic heterocycles. The Kier molecular flexibility index (Phi) is 4.10. The first-order valence-electron chi connectivity index (χ1n) is 8.82. The lowest BCUT2D eigenvalue weighted by Gasteiger charge is -2.44. The third kappa shape index (κ3) is 2.84. The first-order chi connectivity index (χ1) is 11.7. The fourth-order valence-corrected chi connectivity index (χ4v) is 3.98. The van der Waals surface area contributed by atoms with E-state index in [1.165, 1.54) is 23.8 Å². The van der Waals surface area contributed by atoms with Crippen LogP contribution in [0.4, 0.5) is 0 Å². The summed E-state index contributed by atoms with van der Waals surface area (Å²) in [7, 11) is 0. The molecule has 1 aromatic carbocycles. The Labute approximate surface area is 141 Å². The van der Waals surface area contributed by atoms with Gasteiger partial charge in [0.2, 0.25) is 5.91 Å². The van der Waals surface area contributed by atoms with E-state index in [0.29, 0.717) is 11.4 Å². The van der Waals surface area contributed by atoms with Crippen molar-refractivity contribution in [1.29, 1.82) is 0 Å². The Morgan fingerprint density at radius 2 is 1.96 bits per heavy atom. The van der Waals surface area contributed by atoms with Crippen LogP contribution in [0, 0.1) is 0 Å². The van der Waals surface area contributed by atoms with E-state index >= 15 is 0 Å². The van der Waals surface area contributed by atoms with Gasteiger partial charge in [0.05, 0.1) is 0 Å². The second-order valence-electron chi connectivity index (χ2n) is 6.86. The molecule has 0 bridgehead atoms. The first kappa shape index (κ1) is 15.4. The SMILES string of the molecule is O=C(Cn1ccc2ccccc2c1=O)N1CCN2CCCCC2C1. The summed E-state index contributed by atoms with van der Waals surface area (Å²) in [6.45, 7) is 3.84. The van der Waals surface area contributed by atoms with Gasteiger partial charge in [-0.3, -0.25) is 14.5 Å². The van der Waals surface area contributed by atoms with Gasteiger partial charge in [-0.05, 0) is 36.9 Å². The molecule has 1 atom stereocenters. The third-order valence-corrected chi connectivity index (χ3v) is 5.38. The minimum absolute atomic E-state index is 0.0533. The lowest BCUT2D eigenvalue weighted by Crippen LogP contribution is -2.56. The van der Waals surface area contributed by atoms with Gasteiger partial charge in [-0.2, -0.15) is 0 Å². The van der Waals surface area contributed by atoms with E-state index in [1.54, 1.807) is 6.20 Å². The van der Waals surface area contributed by atoms with Gasteiger partial charge in [-0.1, -0.05) is 24.6 Å². The number of amides is 1. The summed E-state index contributed by atoms with van der Waals surface area (Å²) in [5.41, 5.74) is -0.0854. The summed E-state index contributed by atoms with van der Waals surface area (Å²) in [6, 6.07) is 9.93. The molecule has 0 saturated carbocycles. The van der Waals surface area contributed by atoms with Crippen molar-refractivity contribution < 1.29 is 4.79 Å². The quantitative estimate of drug-likeness (QED) is 0.844. The van der Waals surface area contributed by atoms with E-state index < -0.39 is 0 Å². The van der Waals surface area contributed by atoms with Crippen molar-refractivity contribution in [2.24, 2.45) is 0 Å². The average molecular weight is 325 g/mol. The molecule has 2 aromatic rings. The van der Waals surface area contributed by atoms with Crippen LogP contribution in [0.15, 0.2) is 41.3 Å². The Morgan fingerprint density at radius 3 is 2.88 bits per heavy atom. The van der Waals surface area contributed by atoms with Crippen molar-refractivity contribution in [2.75, 3.05) is 26.2 Å². The van der Waals surface area contributed by atoms with E-state index in [4.69, 9.17) is 0 Å². The second kappa shape index (κ2) is 6.40. The van der Waals surface area contributed by atoms with Gasteiger partial charge in [0.25, 0.3) is 5.56 Å². The number of nitrogens with zero attached hydrogens (tertiary/aromatic N) is 3.